The number of aromatic nitrogens is 2. The summed E-state index contributed by atoms with van der Waals surface area (Å²) in [7, 11) is -2.67. The molecular formula is C54H36N2Si. The number of nitrogens with zero attached hydrogens (tertiary/aromatic N) is 2. The molecule has 0 amide bonds. The monoisotopic (exact) mass is 740 g/mol. The Balaban J connectivity index is 1.13. The molecule has 1 aliphatic heterocycles. The summed E-state index contributed by atoms with van der Waals surface area (Å²) >= 11 is 0. The first-order chi connectivity index (χ1) is 28.3. The van der Waals surface area contributed by atoms with Crippen molar-refractivity contribution in [3.05, 3.63) is 218 Å². The third-order valence-electron chi connectivity index (χ3n) is 12.4. The van der Waals surface area contributed by atoms with Gasteiger partial charge in [-0.25, -0.2) is 0 Å². The summed E-state index contributed by atoms with van der Waals surface area (Å²) in [6.07, 6.45) is 0. The lowest BCUT2D eigenvalue weighted by atomic mass is 10.1. The zero-order valence-electron chi connectivity index (χ0n) is 31.2. The second-order valence-electron chi connectivity index (χ2n) is 15.3. The molecule has 2 nitrogen and oxygen atoms in total. The van der Waals surface area contributed by atoms with E-state index in [4.69, 9.17) is 0 Å². The van der Waals surface area contributed by atoms with Crippen LogP contribution in [0, 0.1) is 0 Å². The van der Waals surface area contributed by atoms with Gasteiger partial charge in [0.1, 0.15) is 0 Å². The number of hydrogen-bond acceptors (Lipinski definition) is 0. The molecule has 11 aromatic rings. The normalized spacial score (nSPS) is 13.1. The van der Waals surface area contributed by atoms with Crippen LogP contribution in [0.4, 0.5) is 0 Å². The first kappa shape index (κ1) is 32.1. The molecule has 0 spiro atoms. The van der Waals surface area contributed by atoms with Crippen molar-refractivity contribution >= 4 is 72.4 Å². The topological polar surface area (TPSA) is 9.86 Å². The molecule has 0 unspecified atom stereocenters. The van der Waals surface area contributed by atoms with Gasteiger partial charge in [0, 0.05) is 32.9 Å². The van der Waals surface area contributed by atoms with Gasteiger partial charge < -0.3 is 9.13 Å². The second-order valence-corrected chi connectivity index (χ2v) is 19.0. The maximum Gasteiger partial charge on any atom is 0.180 e. The summed E-state index contributed by atoms with van der Waals surface area (Å²) in [4.78, 5) is 0. The quantitative estimate of drug-likeness (QED) is 0.156. The van der Waals surface area contributed by atoms with E-state index in [2.05, 4.69) is 228 Å². The van der Waals surface area contributed by atoms with Crippen molar-refractivity contribution in [2.45, 2.75) is 0 Å². The van der Waals surface area contributed by atoms with Gasteiger partial charge in [0.15, 0.2) is 8.07 Å². The highest BCUT2D eigenvalue weighted by molar-refractivity contribution is 7.22. The molecular weight excluding hydrogens is 705 g/mol. The Bertz CT molecular complexity index is 3290. The van der Waals surface area contributed by atoms with Crippen molar-refractivity contribution in [3.8, 4) is 33.6 Å². The van der Waals surface area contributed by atoms with Gasteiger partial charge in [-0.3, -0.25) is 0 Å². The Labute approximate surface area is 332 Å². The predicted octanol–water partition coefficient (Wildman–Crippen LogP) is 10.9. The van der Waals surface area contributed by atoms with E-state index in [0.717, 1.165) is 5.69 Å². The number of rotatable bonds is 5. The smallest absolute Gasteiger partial charge is 0.180 e. The summed E-state index contributed by atoms with van der Waals surface area (Å²) in [6, 6.07) is 81.3. The van der Waals surface area contributed by atoms with E-state index in [1.165, 1.54) is 92.3 Å². The van der Waals surface area contributed by atoms with Crippen LogP contribution in [0.3, 0.4) is 0 Å². The molecule has 0 atom stereocenters. The van der Waals surface area contributed by atoms with E-state index in [-0.39, 0.29) is 0 Å². The zero-order valence-corrected chi connectivity index (χ0v) is 32.2. The van der Waals surface area contributed by atoms with Crippen molar-refractivity contribution in [2.24, 2.45) is 0 Å². The molecule has 12 rings (SSSR count). The molecule has 0 saturated heterocycles. The minimum Gasteiger partial charge on any atom is -0.309 e. The highest BCUT2D eigenvalue weighted by Gasteiger charge is 2.48. The van der Waals surface area contributed by atoms with Crippen LogP contribution < -0.4 is 20.7 Å². The second kappa shape index (κ2) is 12.4. The fourth-order valence-electron chi connectivity index (χ4n) is 10.0. The summed E-state index contributed by atoms with van der Waals surface area (Å²) in [5.74, 6) is 0. The van der Waals surface area contributed by atoms with Crippen LogP contribution in [-0.2, 0) is 0 Å². The summed E-state index contributed by atoms with van der Waals surface area (Å²) in [5, 5.41) is 10.8. The van der Waals surface area contributed by atoms with Gasteiger partial charge in [-0.15, -0.1) is 0 Å². The van der Waals surface area contributed by atoms with E-state index in [1.54, 1.807) is 0 Å². The number of benzene rings is 9. The van der Waals surface area contributed by atoms with Gasteiger partial charge in [-0.1, -0.05) is 170 Å². The third kappa shape index (κ3) is 4.58. The SMILES string of the molecule is c1ccc(-c2ccc(-n3c4ccccc4c4cc5c6ccccc6n(-c6cccc([Si]7(c8ccccc8)c8ccccc8-c8ccccc87)c6)c5cc43)cc2)cc1. The number of para-hydroxylation sites is 2. The molecule has 0 fully saturated rings. The van der Waals surface area contributed by atoms with Crippen LogP contribution in [-0.4, -0.2) is 17.2 Å². The average Bonchev–Trinajstić information content (AvgIpc) is 3.90. The highest BCUT2D eigenvalue weighted by atomic mass is 28.3. The standard InChI is InChI=1S/C54H36N2Si/c1-3-16-37(17-4-1)38-30-32-39(33-31-38)55-49-26-11-7-22-43(49)47-35-48-44-23-8-12-27-50(44)56(52(48)36-51(47)55)40-18-15-21-42(34-40)57(41-19-5-2-6-20-41)53-28-13-9-24-45(53)46-25-10-14-29-54(46)57/h1-36H. The van der Waals surface area contributed by atoms with E-state index >= 15 is 0 Å². The lowest BCUT2D eigenvalue weighted by Crippen LogP contribution is -2.72. The van der Waals surface area contributed by atoms with Gasteiger partial charge >= 0.3 is 0 Å². The van der Waals surface area contributed by atoms with E-state index in [9.17, 15) is 0 Å². The summed E-state index contributed by atoms with van der Waals surface area (Å²) in [6.45, 7) is 0. The van der Waals surface area contributed by atoms with Crippen molar-refractivity contribution in [1.82, 2.24) is 9.13 Å². The minimum atomic E-state index is -2.67. The van der Waals surface area contributed by atoms with Crippen LogP contribution in [0.25, 0.3) is 77.2 Å². The Morgan fingerprint density at radius 1 is 0.281 bits per heavy atom. The molecule has 0 saturated carbocycles. The predicted molar refractivity (Wildman–Crippen MR) is 243 cm³/mol. The molecule has 2 aromatic heterocycles. The Hall–Kier alpha value is -7.20. The molecule has 0 aliphatic carbocycles. The molecule has 0 bridgehead atoms. The Kier molecular flexibility index (Phi) is 6.98. The zero-order chi connectivity index (χ0) is 37.5. The summed E-state index contributed by atoms with van der Waals surface area (Å²) in [5.41, 5.74) is 12.3. The maximum absolute atomic E-state index is 2.67. The van der Waals surface area contributed by atoms with Crippen LogP contribution in [0.2, 0.25) is 0 Å². The minimum absolute atomic E-state index is 1.15. The van der Waals surface area contributed by atoms with Crippen molar-refractivity contribution in [1.29, 1.82) is 0 Å². The lowest BCUT2D eigenvalue weighted by molar-refractivity contribution is 1.17. The van der Waals surface area contributed by atoms with Gasteiger partial charge in [-0.2, -0.15) is 0 Å². The molecule has 57 heavy (non-hydrogen) atoms. The Morgan fingerprint density at radius 3 is 1.40 bits per heavy atom. The first-order valence-electron chi connectivity index (χ1n) is 19.8. The van der Waals surface area contributed by atoms with E-state index < -0.39 is 8.07 Å². The van der Waals surface area contributed by atoms with Crippen molar-refractivity contribution in [2.75, 3.05) is 0 Å². The summed E-state index contributed by atoms with van der Waals surface area (Å²) < 4.78 is 4.95. The fraction of sp³-hybridized carbons (Fsp3) is 0. The fourth-order valence-corrected chi connectivity index (χ4v) is 15.2. The largest absolute Gasteiger partial charge is 0.309 e. The van der Waals surface area contributed by atoms with Gasteiger partial charge in [0.25, 0.3) is 0 Å². The molecule has 0 radical (unpaired) electrons. The van der Waals surface area contributed by atoms with E-state index in [0.29, 0.717) is 0 Å². The van der Waals surface area contributed by atoms with Crippen LogP contribution in [0.15, 0.2) is 218 Å². The van der Waals surface area contributed by atoms with Gasteiger partial charge in [0.05, 0.1) is 22.1 Å². The van der Waals surface area contributed by atoms with Crippen molar-refractivity contribution in [3.63, 3.8) is 0 Å². The molecule has 266 valence electrons. The number of fused-ring (bicyclic) bond motifs is 9. The molecule has 3 heterocycles. The number of hydrogen-bond donors (Lipinski definition) is 0. The Morgan fingerprint density at radius 2 is 0.772 bits per heavy atom. The van der Waals surface area contributed by atoms with Crippen LogP contribution >= 0.6 is 0 Å². The molecule has 1 aliphatic rings. The van der Waals surface area contributed by atoms with Crippen LogP contribution in [0.1, 0.15) is 0 Å². The molecule has 3 heteroatoms. The molecule has 9 aromatic carbocycles. The average molecular weight is 741 g/mol. The maximum atomic E-state index is 2.51. The van der Waals surface area contributed by atoms with Crippen molar-refractivity contribution < 1.29 is 0 Å². The van der Waals surface area contributed by atoms with Gasteiger partial charge in [-0.05, 0) is 91.5 Å². The highest BCUT2D eigenvalue weighted by Crippen LogP contribution is 2.40. The van der Waals surface area contributed by atoms with E-state index in [1.807, 2.05) is 0 Å². The lowest BCUT2D eigenvalue weighted by Gasteiger charge is -2.31. The third-order valence-corrected chi connectivity index (χ3v) is 17.3. The van der Waals surface area contributed by atoms with Crippen LogP contribution in [0.5, 0.6) is 0 Å². The molecule has 0 N–H and O–H groups in total. The van der Waals surface area contributed by atoms with Gasteiger partial charge in [0.2, 0.25) is 0 Å². The first-order valence-corrected chi connectivity index (χ1v) is 21.8.